The summed E-state index contributed by atoms with van der Waals surface area (Å²) in [6, 6.07) is 65.7. The second kappa shape index (κ2) is 11.1. The normalized spacial score (nSPS) is 11.7. The molecule has 10 aromatic rings. The fraction of sp³-hybridized carbons (Fsp3) is 0. The van der Waals surface area contributed by atoms with Crippen molar-refractivity contribution in [3.05, 3.63) is 182 Å². The molecule has 9 aromatic carbocycles. The van der Waals surface area contributed by atoms with Crippen molar-refractivity contribution in [2.45, 2.75) is 0 Å². The molecule has 0 saturated carbocycles. The number of rotatable bonds is 4. The molecule has 0 saturated heterocycles. The first-order valence-corrected chi connectivity index (χ1v) is 16.9. The summed E-state index contributed by atoms with van der Waals surface area (Å²) in [5.74, 6) is 0. The van der Waals surface area contributed by atoms with Crippen molar-refractivity contribution in [2.24, 2.45) is 0 Å². The Bertz CT molecular complexity index is 2810. The van der Waals surface area contributed by atoms with Gasteiger partial charge in [0.1, 0.15) is 11.2 Å². The molecule has 0 aliphatic heterocycles. The molecule has 49 heavy (non-hydrogen) atoms. The zero-order valence-electron chi connectivity index (χ0n) is 26.7. The summed E-state index contributed by atoms with van der Waals surface area (Å²) in [6.45, 7) is 0. The van der Waals surface area contributed by atoms with E-state index in [4.69, 9.17) is 4.42 Å². The van der Waals surface area contributed by atoms with E-state index in [9.17, 15) is 0 Å². The van der Waals surface area contributed by atoms with Crippen LogP contribution in [0.25, 0.3) is 98.8 Å². The fourth-order valence-corrected chi connectivity index (χ4v) is 7.93. The van der Waals surface area contributed by atoms with Crippen LogP contribution in [0.5, 0.6) is 0 Å². The Kier molecular flexibility index (Phi) is 6.25. The van der Waals surface area contributed by atoms with Crippen LogP contribution < -0.4 is 0 Å². The third-order valence-corrected chi connectivity index (χ3v) is 10.1. The second-order valence-electron chi connectivity index (χ2n) is 12.8. The molecular formula is C48H30O. The van der Waals surface area contributed by atoms with E-state index in [-0.39, 0.29) is 0 Å². The molecule has 1 aromatic heterocycles. The average molecular weight is 623 g/mol. The van der Waals surface area contributed by atoms with Gasteiger partial charge in [-0.1, -0.05) is 164 Å². The van der Waals surface area contributed by atoms with E-state index in [1.54, 1.807) is 0 Å². The van der Waals surface area contributed by atoms with E-state index in [0.29, 0.717) is 0 Å². The molecule has 0 atom stereocenters. The minimum absolute atomic E-state index is 0.902. The van der Waals surface area contributed by atoms with Crippen LogP contribution in [0.15, 0.2) is 186 Å². The van der Waals surface area contributed by atoms with E-state index in [2.05, 4.69) is 182 Å². The van der Waals surface area contributed by atoms with E-state index >= 15 is 0 Å². The van der Waals surface area contributed by atoms with E-state index in [1.807, 2.05) is 0 Å². The van der Waals surface area contributed by atoms with Crippen molar-refractivity contribution in [2.75, 3.05) is 0 Å². The topological polar surface area (TPSA) is 13.1 Å². The first-order valence-electron chi connectivity index (χ1n) is 16.9. The van der Waals surface area contributed by atoms with E-state index < -0.39 is 0 Å². The van der Waals surface area contributed by atoms with Gasteiger partial charge in [0.2, 0.25) is 0 Å². The molecule has 1 nitrogen and oxygen atoms in total. The van der Waals surface area contributed by atoms with Gasteiger partial charge in [-0.2, -0.15) is 0 Å². The highest BCUT2D eigenvalue weighted by Gasteiger charge is 2.22. The summed E-state index contributed by atoms with van der Waals surface area (Å²) in [5, 5.41) is 9.63. The molecule has 10 rings (SSSR count). The van der Waals surface area contributed by atoms with Crippen LogP contribution in [0, 0.1) is 0 Å². The summed E-state index contributed by atoms with van der Waals surface area (Å²) >= 11 is 0. The Labute approximate surface area is 284 Å². The lowest BCUT2D eigenvalue weighted by molar-refractivity contribution is 0.670. The monoisotopic (exact) mass is 622 g/mol. The Morgan fingerprint density at radius 3 is 1.55 bits per heavy atom. The van der Waals surface area contributed by atoms with Gasteiger partial charge in [-0.05, 0) is 89.5 Å². The molecule has 0 aliphatic rings. The van der Waals surface area contributed by atoms with Crippen molar-refractivity contribution < 1.29 is 4.42 Å². The van der Waals surface area contributed by atoms with Crippen LogP contribution >= 0.6 is 0 Å². The summed E-state index contributed by atoms with van der Waals surface area (Å²) in [4.78, 5) is 0. The molecular weight excluding hydrogens is 593 g/mol. The molecule has 0 aliphatic carbocycles. The van der Waals surface area contributed by atoms with Gasteiger partial charge in [-0.3, -0.25) is 0 Å². The van der Waals surface area contributed by atoms with E-state index in [1.165, 1.54) is 71.3 Å². The van der Waals surface area contributed by atoms with Crippen LogP contribution in [-0.4, -0.2) is 0 Å². The van der Waals surface area contributed by atoms with Gasteiger partial charge in [0.15, 0.2) is 0 Å². The van der Waals surface area contributed by atoms with Crippen molar-refractivity contribution in [1.82, 2.24) is 0 Å². The molecule has 0 spiro atoms. The molecule has 1 heterocycles. The Hall–Kier alpha value is -6.44. The highest BCUT2D eigenvalue weighted by Crippen LogP contribution is 2.48. The van der Waals surface area contributed by atoms with Gasteiger partial charge in [0.25, 0.3) is 0 Å². The number of hydrogen-bond donors (Lipinski definition) is 0. The third-order valence-electron chi connectivity index (χ3n) is 10.1. The lowest BCUT2D eigenvalue weighted by Gasteiger charge is -2.20. The Morgan fingerprint density at radius 1 is 0.286 bits per heavy atom. The number of hydrogen-bond acceptors (Lipinski definition) is 1. The van der Waals surface area contributed by atoms with E-state index in [0.717, 1.165) is 27.5 Å². The molecule has 0 radical (unpaired) electrons. The second-order valence-corrected chi connectivity index (χ2v) is 12.8. The summed E-state index contributed by atoms with van der Waals surface area (Å²) in [7, 11) is 0. The molecule has 0 unspecified atom stereocenters. The number of fused-ring (bicyclic) bond motifs is 6. The smallest absolute Gasteiger partial charge is 0.143 e. The maximum Gasteiger partial charge on any atom is 0.143 e. The molecule has 0 bridgehead atoms. The van der Waals surface area contributed by atoms with Crippen LogP contribution in [-0.2, 0) is 0 Å². The van der Waals surface area contributed by atoms with Crippen molar-refractivity contribution in [3.8, 4) is 44.5 Å². The maximum absolute atomic E-state index is 6.68. The SMILES string of the molecule is c1ccc(-c2ccccc2-c2c3ccccc3c(-c3cc(-c4cccc5ccccc45)c4oc5ccccc5c4c3)c3ccccc23)cc1. The quantitative estimate of drug-likeness (QED) is 0.178. The number of benzene rings is 9. The maximum atomic E-state index is 6.68. The predicted molar refractivity (Wildman–Crippen MR) is 208 cm³/mol. The summed E-state index contributed by atoms with van der Waals surface area (Å²) in [6.07, 6.45) is 0. The van der Waals surface area contributed by atoms with Gasteiger partial charge in [0, 0.05) is 16.3 Å². The first kappa shape index (κ1) is 27.7. The highest BCUT2D eigenvalue weighted by atomic mass is 16.3. The minimum Gasteiger partial charge on any atom is -0.455 e. The van der Waals surface area contributed by atoms with Gasteiger partial charge >= 0.3 is 0 Å². The molecule has 228 valence electrons. The average Bonchev–Trinajstić information content (AvgIpc) is 3.55. The minimum atomic E-state index is 0.902. The lowest BCUT2D eigenvalue weighted by atomic mass is 9.83. The lowest BCUT2D eigenvalue weighted by Crippen LogP contribution is -1.93. The van der Waals surface area contributed by atoms with Crippen molar-refractivity contribution in [1.29, 1.82) is 0 Å². The zero-order chi connectivity index (χ0) is 32.3. The summed E-state index contributed by atoms with van der Waals surface area (Å²) in [5.41, 5.74) is 11.5. The molecule has 0 amide bonds. The van der Waals surface area contributed by atoms with Gasteiger partial charge < -0.3 is 4.42 Å². The van der Waals surface area contributed by atoms with Gasteiger partial charge in [-0.15, -0.1) is 0 Å². The molecule has 1 heteroatoms. The van der Waals surface area contributed by atoms with Crippen molar-refractivity contribution >= 4 is 54.3 Å². The standard InChI is InChI=1S/C48H30O/c1-2-15-31(16-3-1)35-20-6-7-22-38(35)47-41-25-10-8-23-39(41)46(40-24-9-11-26-42(40)47)33-29-43(36-27-14-18-32-17-4-5-19-34(32)36)48-44(30-33)37-21-12-13-28-45(37)49-48/h1-30H. The zero-order valence-corrected chi connectivity index (χ0v) is 26.7. The Morgan fingerprint density at radius 2 is 0.816 bits per heavy atom. The summed E-state index contributed by atoms with van der Waals surface area (Å²) < 4.78 is 6.68. The number of para-hydroxylation sites is 1. The third kappa shape index (κ3) is 4.33. The van der Waals surface area contributed by atoms with Crippen LogP contribution in [0.1, 0.15) is 0 Å². The largest absolute Gasteiger partial charge is 0.455 e. The highest BCUT2D eigenvalue weighted by molar-refractivity contribution is 6.24. The fourth-order valence-electron chi connectivity index (χ4n) is 7.93. The van der Waals surface area contributed by atoms with Crippen LogP contribution in [0.4, 0.5) is 0 Å². The van der Waals surface area contributed by atoms with Crippen molar-refractivity contribution in [3.63, 3.8) is 0 Å². The van der Waals surface area contributed by atoms with Crippen LogP contribution in [0.3, 0.4) is 0 Å². The van der Waals surface area contributed by atoms with Gasteiger partial charge in [0.05, 0.1) is 0 Å². The predicted octanol–water partition coefficient (Wildman–Crippen LogP) is 13.7. The molecule has 0 fully saturated rings. The van der Waals surface area contributed by atoms with Gasteiger partial charge in [-0.25, -0.2) is 0 Å². The molecule has 0 N–H and O–H groups in total. The van der Waals surface area contributed by atoms with Crippen LogP contribution in [0.2, 0.25) is 0 Å². The Balaban J connectivity index is 1.34. The first-order chi connectivity index (χ1) is 24.3. The number of furan rings is 1.